The van der Waals surface area contributed by atoms with Gasteiger partial charge in [-0.25, -0.2) is 0 Å². The average Bonchev–Trinajstić information content (AvgIpc) is 2.65. The molecule has 27 heavy (non-hydrogen) atoms. The van der Waals surface area contributed by atoms with Gasteiger partial charge in [-0.3, -0.25) is 4.79 Å². The van der Waals surface area contributed by atoms with Crippen molar-refractivity contribution >= 4 is 5.97 Å². The molecular formula is C24H47NO2. The summed E-state index contributed by atoms with van der Waals surface area (Å²) < 4.78 is 5.72. The van der Waals surface area contributed by atoms with Crippen LogP contribution in [-0.4, -0.2) is 24.7 Å². The molecule has 0 aromatic rings. The molecule has 1 saturated heterocycles. The van der Waals surface area contributed by atoms with Crippen LogP contribution in [0.25, 0.3) is 0 Å². The molecule has 0 aromatic heterocycles. The molecule has 3 nitrogen and oxygen atoms in total. The topological polar surface area (TPSA) is 38.3 Å². The van der Waals surface area contributed by atoms with Gasteiger partial charge in [-0.05, 0) is 39.3 Å². The van der Waals surface area contributed by atoms with E-state index in [1.54, 1.807) is 0 Å². The second kappa shape index (κ2) is 16.4. The van der Waals surface area contributed by atoms with Crippen LogP contribution in [0.4, 0.5) is 0 Å². The maximum atomic E-state index is 12.0. The lowest BCUT2D eigenvalue weighted by Crippen LogP contribution is -2.42. The fraction of sp³-hybridized carbons (Fsp3) is 0.958. The normalized spacial score (nSPS) is 16.4. The Labute approximate surface area is 169 Å². The van der Waals surface area contributed by atoms with Gasteiger partial charge in [0.05, 0.1) is 0 Å². The molecule has 0 spiro atoms. The second-order valence-electron chi connectivity index (χ2n) is 8.87. The van der Waals surface area contributed by atoms with E-state index in [0.29, 0.717) is 6.42 Å². The molecule has 1 aliphatic rings. The van der Waals surface area contributed by atoms with Crippen molar-refractivity contribution in [3.63, 3.8) is 0 Å². The zero-order valence-electron chi connectivity index (χ0n) is 18.5. The predicted octanol–water partition coefficient (Wildman–Crippen LogP) is 6.93. The largest absolute Gasteiger partial charge is 0.459 e. The first-order chi connectivity index (χ1) is 13.2. The molecule has 160 valence electrons. The number of nitrogens with one attached hydrogen (secondary N) is 1. The molecule has 0 radical (unpaired) electrons. The van der Waals surface area contributed by atoms with Gasteiger partial charge >= 0.3 is 5.97 Å². The zero-order chi connectivity index (χ0) is 19.6. The van der Waals surface area contributed by atoms with Crippen molar-refractivity contribution in [3.05, 3.63) is 0 Å². The van der Waals surface area contributed by atoms with Crippen molar-refractivity contribution in [3.8, 4) is 0 Å². The van der Waals surface area contributed by atoms with E-state index < -0.39 is 0 Å². The highest BCUT2D eigenvalue weighted by Gasteiger charge is 2.30. The number of rotatable bonds is 17. The van der Waals surface area contributed by atoms with E-state index in [1.165, 1.54) is 89.9 Å². The Morgan fingerprint density at radius 1 is 0.741 bits per heavy atom. The standard InChI is InChI=1S/C24H47NO2/c1-3-4-5-6-7-8-9-10-11-12-13-14-15-16-17-18-23(26)27-24(2)19-21-25-22-20-24/h25H,3-22H2,1-2H3. The van der Waals surface area contributed by atoms with Crippen molar-refractivity contribution in [2.45, 2.75) is 135 Å². The Bertz CT molecular complexity index is 350. The Kier molecular flexibility index (Phi) is 14.9. The quantitative estimate of drug-likeness (QED) is 0.219. The van der Waals surface area contributed by atoms with E-state index >= 15 is 0 Å². The molecule has 1 heterocycles. The Balaban J connectivity index is 1.79. The fourth-order valence-electron chi connectivity index (χ4n) is 4.02. The van der Waals surface area contributed by atoms with Crippen molar-refractivity contribution < 1.29 is 9.53 Å². The maximum absolute atomic E-state index is 12.0. The lowest BCUT2D eigenvalue weighted by molar-refractivity contribution is -0.160. The van der Waals surface area contributed by atoms with E-state index in [0.717, 1.165) is 32.4 Å². The molecule has 1 rings (SSSR count). The summed E-state index contributed by atoms with van der Waals surface area (Å²) in [5, 5.41) is 3.32. The van der Waals surface area contributed by atoms with Crippen molar-refractivity contribution in [1.29, 1.82) is 0 Å². The molecule has 1 N–H and O–H groups in total. The van der Waals surface area contributed by atoms with Gasteiger partial charge in [-0.15, -0.1) is 0 Å². The van der Waals surface area contributed by atoms with E-state index in [9.17, 15) is 4.79 Å². The van der Waals surface area contributed by atoms with Gasteiger partial charge in [-0.1, -0.05) is 96.8 Å². The third-order valence-corrected chi connectivity index (χ3v) is 6.01. The van der Waals surface area contributed by atoms with Gasteiger partial charge in [0, 0.05) is 6.42 Å². The summed E-state index contributed by atoms with van der Waals surface area (Å²) in [7, 11) is 0. The predicted molar refractivity (Wildman–Crippen MR) is 116 cm³/mol. The van der Waals surface area contributed by atoms with Gasteiger partial charge in [0.2, 0.25) is 0 Å². The number of carbonyl (C=O) groups is 1. The molecule has 1 aliphatic heterocycles. The van der Waals surface area contributed by atoms with Crippen LogP contribution in [0.15, 0.2) is 0 Å². The third-order valence-electron chi connectivity index (χ3n) is 6.01. The van der Waals surface area contributed by atoms with E-state index in [4.69, 9.17) is 4.74 Å². The number of ether oxygens (including phenoxy) is 1. The molecule has 0 unspecified atom stereocenters. The molecular weight excluding hydrogens is 334 g/mol. The van der Waals surface area contributed by atoms with Crippen LogP contribution in [0.3, 0.4) is 0 Å². The number of hydrogen-bond donors (Lipinski definition) is 1. The summed E-state index contributed by atoms with van der Waals surface area (Å²) in [5.74, 6) is 0.00842. The SMILES string of the molecule is CCCCCCCCCCCCCCCCCC(=O)OC1(C)CCNCC1. The molecule has 0 amide bonds. The van der Waals surface area contributed by atoms with Crippen molar-refractivity contribution in [1.82, 2.24) is 5.32 Å². The van der Waals surface area contributed by atoms with Gasteiger partial charge < -0.3 is 10.1 Å². The van der Waals surface area contributed by atoms with Crippen LogP contribution in [0, 0.1) is 0 Å². The highest BCUT2D eigenvalue weighted by Crippen LogP contribution is 2.23. The second-order valence-corrected chi connectivity index (χ2v) is 8.87. The number of piperidine rings is 1. The van der Waals surface area contributed by atoms with Gasteiger partial charge in [-0.2, -0.15) is 0 Å². The van der Waals surface area contributed by atoms with Crippen molar-refractivity contribution in [2.75, 3.05) is 13.1 Å². The van der Waals surface area contributed by atoms with Crippen LogP contribution in [0.2, 0.25) is 0 Å². The van der Waals surface area contributed by atoms with Crippen molar-refractivity contribution in [2.24, 2.45) is 0 Å². The summed E-state index contributed by atoms with van der Waals surface area (Å²) in [4.78, 5) is 12.0. The first-order valence-electron chi connectivity index (χ1n) is 12.1. The number of hydrogen-bond acceptors (Lipinski definition) is 3. The highest BCUT2D eigenvalue weighted by atomic mass is 16.6. The summed E-state index contributed by atoms with van der Waals surface area (Å²) in [5.41, 5.74) is -0.224. The monoisotopic (exact) mass is 381 g/mol. The van der Waals surface area contributed by atoms with E-state index in [1.807, 2.05) is 0 Å². The zero-order valence-corrected chi connectivity index (χ0v) is 18.5. The maximum Gasteiger partial charge on any atom is 0.306 e. The molecule has 0 aromatic carbocycles. The highest BCUT2D eigenvalue weighted by molar-refractivity contribution is 5.69. The van der Waals surface area contributed by atoms with Crippen LogP contribution in [-0.2, 0) is 9.53 Å². The smallest absolute Gasteiger partial charge is 0.306 e. The summed E-state index contributed by atoms with van der Waals surface area (Å²) >= 11 is 0. The van der Waals surface area contributed by atoms with E-state index in [-0.39, 0.29) is 11.6 Å². The third kappa shape index (κ3) is 14.1. The average molecular weight is 382 g/mol. The Hall–Kier alpha value is -0.570. The fourth-order valence-corrected chi connectivity index (χ4v) is 4.02. The molecule has 3 heteroatoms. The van der Waals surface area contributed by atoms with Crippen LogP contribution in [0.1, 0.15) is 129 Å². The number of esters is 1. The molecule has 0 aliphatic carbocycles. The Morgan fingerprint density at radius 3 is 1.59 bits per heavy atom. The summed E-state index contributed by atoms with van der Waals surface area (Å²) in [6.07, 6.45) is 22.8. The molecule has 0 bridgehead atoms. The minimum Gasteiger partial charge on any atom is -0.459 e. The molecule has 1 fully saturated rings. The lowest BCUT2D eigenvalue weighted by atomic mass is 9.94. The minimum absolute atomic E-state index is 0.00842. The lowest BCUT2D eigenvalue weighted by Gasteiger charge is -2.33. The van der Waals surface area contributed by atoms with Gasteiger partial charge in [0.25, 0.3) is 0 Å². The number of unbranched alkanes of at least 4 members (excludes halogenated alkanes) is 14. The van der Waals surface area contributed by atoms with E-state index in [2.05, 4.69) is 19.2 Å². The molecule has 0 saturated carbocycles. The summed E-state index contributed by atoms with van der Waals surface area (Å²) in [6.45, 7) is 6.29. The minimum atomic E-state index is -0.224. The first kappa shape index (κ1) is 24.5. The van der Waals surface area contributed by atoms with Crippen LogP contribution >= 0.6 is 0 Å². The molecule has 0 atom stereocenters. The van der Waals surface area contributed by atoms with Gasteiger partial charge in [0.15, 0.2) is 0 Å². The Morgan fingerprint density at radius 2 is 1.15 bits per heavy atom. The number of carbonyl (C=O) groups excluding carboxylic acids is 1. The summed E-state index contributed by atoms with van der Waals surface area (Å²) in [6, 6.07) is 0. The first-order valence-corrected chi connectivity index (χ1v) is 12.1. The van der Waals surface area contributed by atoms with Crippen LogP contribution < -0.4 is 5.32 Å². The van der Waals surface area contributed by atoms with Crippen LogP contribution in [0.5, 0.6) is 0 Å². The van der Waals surface area contributed by atoms with Gasteiger partial charge in [0.1, 0.15) is 5.60 Å².